The Balaban J connectivity index is 1.46. The molecule has 0 bridgehead atoms. The molecule has 176 valence electrons. The maximum absolute atomic E-state index is 13.0. The molecule has 0 saturated heterocycles. The molecule has 0 saturated carbocycles. The first-order valence-corrected chi connectivity index (χ1v) is 13.0. The van der Waals surface area contributed by atoms with Crippen LogP contribution in [0, 0.1) is 0 Å². The van der Waals surface area contributed by atoms with Gasteiger partial charge < -0.3 is 14.5 Å². The van der Waals surface area contributed by atoms with Gasteiger partial charge in [-0.15, -0.1) is 11.3 Å². The maximum atomic E-state index is 13.0. The highest BCUT2D eigenvalue weighted by Crippen LogP contribution is 2.36. The van der Waals surface area contributed by atoms with E-state index in [0.717, 1.165) is 40.6 Å². The normalized spacial score (nSPS) is 13.5. The molecule has 8 heteroatoms. The van der Waals surface area contributed by atoms with Crippen molar-refractivity contribution in [2.45, 2.75) is 45.6 Å². The van der Waals surface area contributed by atoms with Crippen LogP contribution in [0.15, 0.2) is 41.2 Å². The molecule has 4 aromatic rings. The van der Waals surface area contributed by atoms with Gasteiger partial charge in [-0.25, -0.2) is 4.98 Å². The van der Waals surface area contributed by atoms with Crippen LogP contribution in [0.3, 0.4) is 0 Å². The van der Waals surface area contributed by atoms with E-state index < -0.39 is 0 Å². The molecule has 2 heterocycles. The summed E-state index contributed by atoms with van der Waals surface area (Å²) < 4.78 is 11.8. The number of fused-ring (bicyclic) bond motifs is 3. The first-order chi connectivity index (χ1) is 16.5. The lowest BCUT2D eigenvalue weighted by molar-refractivity contribution is 0.269. The van der Waals surface area contributed by atoms with Crippen LogP contribution in [0.4, 0.5) is 0 Å². The minimum atomic E-state index is -0.0719. The average Bonchev–Trinajstić information content (AvgIpc) is 3.02. The molecule has 1 aliphatic rings. The summed E-state index contributed by atoms with van der Waals surface area (Å²) in [5.41, 5.74) is 2.79. The zero-order chi connectivity index (χ0) is 23.7. The van der Waals surface area contributed by atoms with Crippen molar-refractivity contribution in [3.05, 3.63) is 72.8 Å². The monoisotopic (exact) mass is 514 g/mol. The smallest absolute Gasteiger partial charge is 0.260 e. The molecule has 0 radical (unpaired) electrons. The average molecular weight is 515 g/mol. The second kappa shape index (κ2) is 9.98. The minimum absolute atomic E-state index is 0.0719. The fourth-order valence-corrected chi connectivity index (χ4v) is 5.89. The lowest BCUT2D eigenvalue weighted by Gasteiger charge is -2.14. The molecule has 0 amide bonds. The third-order valence-electron chi connectivity index (χ3n) is 5.97. The van der Waals surface area contributed by atoms with Crippen LogP contribution in [0.2, 0.25) is 10.0 Å². The third-order valence-corrected chi connectivity index (χ3v) is 7.90. The van der Waals surface area contributed by atoms with Crippen molar-refractivity contribution < 1.29 is 9.47 Å². The number of hydrogen-bond acceptors (Lipinski definition) is 5. The minimum Gasteiger partial charge on any atom is -0.490 e. The molecular formula is C26H24Cl2N2O3S. The Bertz CT molecular complexity index is 1410. The van der Waals surface area contributed by atoms with E-state index in [9.17, 15) is 4.79 Å². The van der Waals surface area contributed by atoms with Crippen LogP contribution < -0.4 is 15.0 Å². The van der Waals surface area contributed by atoms with E-state index in [1.807, 2.05) is 31.2 Å². The molecule has 5 nitrogen and oxygen atoms in total. The summed E-state index contributed by atoms with van der Waals surface area (Å²) in [6, 6.07) is 11.0. The zero-order valence-electron chi connectivity index (χ0n) is 18.7. The van der Waals surface area contributed by atoms with E-state index in [4.69, 9.17) is 37.7 Å². The first kappa shape index (κ1) is 23.2. The van der Waals surface area contributed by atoms with Crippen LogP contribution in [0.1, 0.15) is 42.2 Å². The van der Waals surface area contributed by atoms with Gasteiger partial charge in [0.05, 0.1) is 22.0 Å². The summed E-state index contributed by atoms with van der Waals surface area (Å²) in [5, 5.41) is 1.75. The summed E-state index contributed by atoms with van der Waals surface area (Å²) >= 11 is 13.8. The second-order valence-corrected chi connectivity index (χ2v) is 10.2. The van der Waals surface area contributed by atoms with Crippen LogP contribution in [-0.4, -0.2) is 16.6 Å². The summed E-state index contributed by atoms with van der Waals surface area (Å²) in [7, 11) is 0. The number of thiophene rings is 1. The van der Waals surface area contributed by atoms with Crippen LogP contribution in [-0.2, 0) is 19.4 Å². The Labute approximate surface area is 211 Å². The topological polar surface area (TPSA) is 64.2 Å². The summed E-state index contributed by atoms with van der Waals surface area (Å²) in [6.45, 7) is 2.71. The molecule has 0 fully saturated rings. The third kappa shape index (κ3) is 4.67. The van der Waals surface area contributed by atoms with Gasteiger partial charge in [0.15, 0.2) is 11.5 Å². The maximum Gasteiger partial charge on any atom is 0.260 e. The number of aromatic amines is 1. The van der Waals surface area contributed by atoms with Gasteiger partial charge >= 0.3 is 0 Å². The predicted octanol–water partition coefficient (Wildman–Crippen LogP) is 7.21. The van der Waals surface area contributed by atoms with E-state index in [2.05, 4.69) is 4.98 Å². The highest BCUT2D eigenvalue weighted by molar-refractivity contribution is 7.18. The molecule has 2 aromatic carbocycles. The van der Waals surface area contributed by atoms with Crippen LogP contribution in [0.25, 0.3) is 21.6 Å². The Morgan fingerprint density at radius 1 is 1.00 bits per heavy atom. The van der Waals surface area contributed by atoms with Crippen molar-refractivity contribution in [3.8, 4) is 22.9 Å². The largest absolute Gasteiger partial charge is 0.490 e. The van der Waals surface area contributed by atoms with Crippen LogP contribution in [0.5, 0.6) is 11.5 Å². The lowest BCUT2D eigenvalue weighted by atomic mass is 10.1. The Morgan fingerprint density at radius 2 is 1.85 bits per heavy atom. The number of halogens is 2. The van der Waals surface area contributed by atoms with Crippen LogP contribution >= 0.6 is 34.5 Å². The lowest BCUT2D eigenvalue weighted by Crippen LogP contribution is -2.10. The van der Waals surface area contributed by atoms with E-state index in [-0.39, 0.29) is 5.56 Å². The fourth-order valence-electron chi connectivity index (χ4n) is 4.31. The van der Waals surface area contributed by atoms with Gasteiger partial charge in [0, 0.05) is 10.4 Å². The van der Waals surface area contributed by atoms with Gasteiger partial charge in [-0.3, -0.25) is 4.79 Å². The second-order valence-electron chi connectivity index (χ2n) is 8.29. The number of H-pyrrole nitrogens is 1. The van der Waals surface area contributed by atoms with Gasteiger partial charge in [0.2, 0.25) is 0 Å². The zero-order valence-corrected chi connectivity index (χ0v) is 21.1. The van der Waals surface area contributed by atoms with Gasteiger partial charge in [-0.05, 0) is 74.1 Å². The molecule has 1 N–H and O–H groups in total. The number of ether oxygens (including phenoxy) is 2. The summed E-state index contributed by atoms with van der Waals surface area (Å²) in [5.74, 6) is 1.72. The molecule has 0 spiro atoms. The number of nitrogens with zero attached hydrogens (tertiary/aromatic N) is 1. The SMILES string of the molecule is CCOc1cc(-c2nc3sc4c(c3c(=O)[nH]2)CCCCC4)ccc1OCc1ccc(Cl)c(Cl)c1. The highest BCUT2D eigenvalue weighted by atomic mass is 35.5. The Kier molecular flexibility index (Phi) is 6.82. The van der Waals surface area contributed by atoms with E-state index in [0.29, 0.717) is 40.6 Å². The standard InChI is InChI=1S/C26H24Cl2N2O3S/c1-2-32-21-13-16(9-11-20(21)33-14-15-8-10-18(27)19(28)12-15)24-29-25(31)23-17-6-4-3-5-7-22(17)34-26(23)30-24/h8-13H,2-7,14H2,1H3,(H,29,30,31). The summed E-state index contributed by atoms with van der Waals surface area (Å²) in [6.07, 6.45) is 5.50. The van der Waals surface area contributed by atoms with Gasteiger partial charge in [0.1, 0.15) is 17.3 Å². The van der Waals surface area contributed by atoms with E-state index in [1.165, 1.54) is 23.3 Å². The van der Waals surface area contributed by atoms with Gasteiger partial charge in [-0.1, -0.05) is 35.7 Å². The fraction of sp³-hybridized carbons (Fsp3) is 0.308. The Hall–Kier alpha value is -2.54. The molecule has 34 heavy (non-hydrogen) atoms. The molecule has 5 rings (SSSR count). The molecule has 0 unspecified atom stereocenters. The first-order valence-electron chi connectivity index (χ1n) is 11.4. The molecule has 2 aromatic heterocycles. The predicted molar refractivity (Wildman–Crippen MR) is 139 cm³/mol. The summed E-state index contributed by atoms with van der Waals surface area (Å²) in [4.78, 5) is 23.0. The number of aryl methyl sites for hydroxylation is 2. The van der Waals surface area contributed by atoms with Crippen molar-refractivity contribution >= 4 is 44.8 Å². The van der Waals surface area contributed by atoms with Crippen molar-refractivity contribution in [1.82, 2.24) is 9.97 Å². The molecule has 0 atom stereocenters. The highest BCUT2D eigenvalue weighted by Gasteiger charge is 2.20. The van der Waals surface area contributed by atoms with E-state index >= 15 is 0 Å². The quantitative estimate of drug-likeness (QED) is 0.276. The molecule has 0 aliphatic heterocycles. The van der Waals surface area contributed by atoms with Crippen molar-refractivity contribution in [2.24, 2.45) is 0 Å². The number of rotatable bonds is 6. The number of hydrogen-bond donors (Lipinski definition) is 1. The number of aromatic nitrogens is 2. The molecular weight excluding hydrogens is 491 g/mol. The Morgan fingerprint density at radius 3 is 2.68 bits per heavy atom. The van der Waals surface area contributed by atoms with Gasteiger partial charge in [-0.2, -0.15) is 0 Å². The van der Waals surface area contributed by atoms with Crippen molar-refractivity contribution in [1.29, 1.82) is 0 Å². The molecule has 1 aliphatic carbocycles. The van der Waals surface area contributed by atoms with Gasteiger partial charge in [0.25, 0.3) is 5.56 Å². The van der Waals surface area contributed by atoms with Crippen molar-refractivity contribution in [3.63, 3.8) is 0 Å². The number of benzene rings is 2. The van der Waals surface area contributed by atoms with E-state index in [1.54, 1.807) is 23.5 Å². The van der Waals surface area contributed by atoms with Crippen molar-refractivity contribution in [2.75, 3.05) is 6.61 Å². The number of nitrogens with one attached hydrogen (secondary N) is 1.